The van der Waals surface area contributed by atoms with Crippen LogP contribution in [0.25, 0.3) is 0 Å². The minimum atomic E-state index is 0.185. The molecule has 1 aliphatic carbocycles. The number of morpholine rings is 1. The van der Waals surface area contributed by atoms with Crippen LogP contribution in [0.3, 0.4) is 0 Å². The molecule has 0 unspecified atom stereocenters. The van der Waals surface area contributed by atoms with Crippen LogP contribution in [0.1, 0.15) is 38.5 Å². The van der Waals surface area contributed by atoms with Crippen molar-refractivity contribution in [1.29, 1.82) is 0 Å². The number of nitrogens with zero attached hydrogens (tertiary/aromatic N) is 2. The predicted molar refractivity (Wildman–Crippen MR) is 81.9 cm³/mol. The van der Waals surface area contributed by atoms with Crippen molar-refractivity contribution in [3.8, 4) is 0 Å². The van der Waals surface area contributed by atoms with Gasteiger partial charge in [-0.05, 0) is 38.5 Å². The maximum atomic E-state index is 12.8. The third kappa shape index (κ3) is 3.76. The average Bonchev–Trinajstić information content (AvgIpc) is 2.95. The third-order valence-electron chi connectivity index (χ3n) is 5.31. The molecule has 0 aromatic rings. The van der Waals surface area contributed by atoms with Gasteiger partial charge in [0.15, 0.2) is 0 Å². The maximum absolute atomic E-state index is 12.8. The van der Waals surface area contributed by atoms with E-state index in [9.17, 15) is 4.79 Å². The molecule has 0 bridgehead atoms. The standard InChI is InChI=1S/C16H29N3O2/c17-14-5-4-13(11-14)16(20)19-6-2-1-3-15(19)12-18-7-9-21-10-8-18/h13-15H,1-12,17H2/t13-,14+,15+/m0/s1. The van der Waals surface area contributed by atoms with Gasteiger partial charge in [0.05, 0.1) is 13.2 Å². The Labute approximate surface area is 127 Å². The van der Waals surface area contributed by atoms with Crippen LogP contribution in [0, 0.1) is 5.92 Å². The first-order valence-electron chi connectivity index (χ1n) is 8.60. The summed E-state index contributed by atoms with van der Waals surface area (Å²) in [7, 11) is 0. The zero-order chi connectivity index (χ0) is 14.7. The lowest BCUT2D eigenvalue weighted by Gasteiger charge is -2.40. The number of likely N-dealkylation sites (tertiary alicyclic amines) is 1. The normalized spacial score (nSPS) is 35.1. The molecular weight excluding hydrogens is 266 g/mol. The minimum Gasteiger partial charge on any atom is -0.379 e. The number of carbonyl (C=O) groups is 1. The zero-order valence-corrected chi connectivity index (χ0v) is 13.0. The van der Waals surface area contributed by atoms with E-state index in [-0.39, 0.29) is 12.0 Å². The summed E-state index contributed by atoms with van der Waals surface area (Å²) in [6.07, 6.45) is 6.45. The maximum Gasteiger partial charge on any atom is 0.226 e. The molecule has 21 heavy (non-hydrogen) atoms. The summed E-state index contributed by atoms with van der Waals surface area (Å²) >= 11 is 0. The fourth-order valence-electron chi connectivity index (χ4n) is 4.04. The van der Waals surface area contributed by atoms with Gasteiger partial charge in [0.2, 0.25) is 5.91 Å². The minimum absolute atomic E-state index is 0.185. The third-order valence-corrected chi connectivity index (χ3v) is 5.31. The van der Waals surface area contributed by atoms with Crippen molar-refractivity contribution in [2.45, 2.75) is 50.6 Å². The molecule has 5 nitrogen and oxygen atoms in total. The van der Waals surface area contributed by atoms with Gasteiger partial charge in [-0.3, -0.25) is 9.69 Å². The Bertz CT molecular complexity index is 357. The zero-order valence-electron chi connectivity index (χ0n) is 13.0. The molecule has 120 valence electrons. The number of ether oxygens (including phenoxy) is 1. The molecule has 2 N–H and O–H groups in total. The van der Waals surface area contributed by atoms with E-state index in [1.165, 1.54) is 6.42 Å². The lowest BCUT2D eigenvalue weighted by Crippen LogP contribution is -2.52. The Morgan fingerprint density at radius 2 is 1.90 bits per heavy atom. The van der Waals surface area contributed by atoms with E-state index in [1.54, 1.807) is 0 Å². The van der Waals surface area contributed by atoms with Crippen LogP contribution in [-0.2, 0) is 9.53 Å². The monoisotopic (exact) mass is 295 g/mol. The van der Waals surface area contributed by atoms with Crippen molar-refractivity contribution in [2.24, 2.45) is 11.7 Å². The van der Waals surface area contributed by atoms with Gasteiger partial charge in [-0.15, -0.1) is 0 Å². The summed E-state index contributed by atoms with van der Waals surface area (Å²) in [5.41, 5.74) is 5.98. The molecule has 3 atom stereocenters. The Hall–Kier alpha value is -0.650. The van der Waals surface area contributed by atoms with E-state index in [1.807, 2.05) is 0 Å². The van der Waals surface area contributed by atoms with Gasteiger partial charge in [0, 0.05) is 44.2 Å². The molecule has 0 aromatic carbocycles. The number of piperidine rings is 1. The van der Waals surface area contributed by atoms with Crippen LogP contribution < -0.4 is 5.73 Å². The van der Waals surface area contributed by atoms with Crippen LogP contribution >= 0.6 is 0 Å². The first kappa shape index (κ1) is 15.3. The van der Waals surface area contributed by atoms with Gasteiger partial charge in [0.1, 0.15) is 0 Å². The van der Waals surface area contributed by atoms with Crippen molar-refractivity contribution in [3.63, 3.8) is 0 Å². The highest BCUT2D eigenvalue weighted by Crippen LogP contribution is 2.29. The second kappa shape index (κ2) is 7.07. The Morgan fingerprint density at radius 1 is 1.10 bits per heavy atom. The van der Waals surface area contributed by atoms with Crippen molar-refractivity contribution < 1.29 is 9.53 Å². The topological polar surface area (TPSA) is 58.8 Å². The molecule has 3 aliphatic rings. The summed E-state index contributed by atoms with van der Waals surface area (Å²) in [4.78, 5) is 17.5. The molecule has 5 heteroatoms. The Balaban J connectivity index is 1.59. The van der Waals surface area contributed by atoms with Crippen LogP contribution in [0.2, 0.25) is 0 Å². The van der Waals surface area contributed by atoms with Crippen molar-refractivity contribution in [3.05, 3.63) is 0 Å². The summed E-state index contributed by atoms with van der Waals surface area (Å²) in [6, 6.07) is 0.641. The first-order valence-corrected chi connectivity index (χ1v) is 8.60. The lowest BCUT2D eigenvalue weighted by molar-refractivity contribution is -0.139. The molecule has 2 heterocycles. The van der Waals surface area contributed by atoms with Gasteiger partial charge < -0.3 is 15.4 Å². The Kier molecular flexibility index (Phi) is 5.14. The molecular formula is C16H29N3O2. The van der Waals surface area contributed by atoms with Gasteiger partial charge in [-0.25, -0.2) is 0 Å². The largest absolute Gasteiger partial charge is 0.379 e. The van der Waals surface area contributed by atoms with Crippen molar-refractivity contribution in [2.75, 3.05) is 39.4 Å². The van der Waals surface area contributed by atoms with Crippen LogP contribution in [0.4, 0.5) is 0 Å². The molecule has 3 fully saturated rings. The number of hydrogen-bond acceptors (Lipinski definition) is 4. The number of nitrogens with two attached hydrogens (primary N) is 1. The van der Waals surface area contributed by atoms with E-state index < -0.39 is 0 Å². The van der Waals surface area contributed by atoms with Gasteiger partial charge in [0.25, 0.3) is 0 Å². The fourth-order valence-corrected chi connectivity index (χ4v) is 4.04. The average molecular weight is 295 g/mol. The molecule has 1 amide bonds. The molecule has 3 rings (SSSR count). The van der Waals surface area contributed by atoms with E-state index in [2.05, 4.69) is 9.80 Å². The predicted octanol–water partition coefficient (Wildman–Crippen LogP) is 0.827. The smallest absolute Gasteiger partial charge is 0.226 e. The molecule has 0 radical (unpaired) electrons. The summed E-state index contributed by atoms with van der Waals surface area (Å²) in [6.45, 7) is 5.64. The van der Waals surface area contributed by atoms with Gasteiger partial charge in [-0.2, -0.15) is 0 Å². The van der Waals surface area contributed by atoms with Crippen molar-refractivity contribution >= 4 is 5.91 Å². The van der Waals surface area contributed by atoms with E-state index in [4.69, 9.17) is 10.5 Å². The van der Waals surface area contributed by atoms with Crippen molar-refractivity contribution in [1.82, 2.24) is 9.80 Å². The van der Waals surface area contributed by atoms with Crippen LogP contribution in [0.15, 0.2) is 0 Å². The lowest BCUT2D eigenvalue weighted by atomic mass is 9.97. The Morgan fingerprint density at radius 3 is 2.62 bits per heavy atom. The van der Waals surface area contributed by atoms with E-state index >= 15 is 0 Å². The second-order valence-electron chi connectivity index (χ2n) is 6.86. The molecule has 2 saturated heterocycles. The van der Waals surface area contributed by atoms with E-state index in [0.717, 1.165) is 71.5 Å². The molecule has 0 spiro atoms. The summed E-state index contributed by atoms with van der Waals surface area (Å²) in [5, 5.41) is 0. The molecule has 1 saturated carbocycles. The quantitative estimate of drug-likeness (QED) is 0.838. The van der Waals surface area contributed by atoms with Gasteiger partial charge >= 0.3 is 0 Å². The number of hydrogen-bond donors (Lipinski definition) is 1. The number of rotatable bonds is 3. The van der Waals surface area contributed by atoms with E-state index in [0.29, 0.717) is 11.9 Å². The first-order chi connectivity index (χ1) is 10.2. The molecule has 2 aliphatic heterocycles. The SMILES string of the molecule is N[C@@H]1CC[C@H](C(=O)N2CCCC[C@@H]2CN2CCOCC2)C1. The number of carbonyl (C=O) groups excluding carboxylic acids is 1. The number of amides is 1. The van der Waals surface area contributed by atoms with Crippen LogP contribution in [0.5, 0.6) is 0 Å². The summed E-state index contributed by atoms with van der Waals surface area (Å²) < 4.78 is 5.42. The fraction of sp³-hybridized carbons (Fsp3) is 0.938. The molecule has 0 aromatic heterocycles. The summed E-state index contributed by atoms with van der Waals surface area (Å²) in [5.74, 6) is 0.561. The van der Waals surface area contributed by atoms with Gasteiger partial charge in [-0.1, -0.05) is 0 Å². The highest BCUT2D eigenvalue weighted by atomic mass is 16.5. The highest BCUT2D eigenvalue weighted by Gasteiger charge is 2.35. The second-order valence-corrected chi connectivity index (χ2v) is 6.86. The van der Waals surface area contributed by atoms with Crippen LogP contribution in [-0.4, -0.2) is 67.2 Å². The highest BCUT2D eigenvalue weighted by molar-refractivity contribution is 5.79.